The zero-order valence-corrected chi connectivity index (χ0v) is 13.3. The third-order valence-electron chi connectivity index (χ3n) is 4.25. The molecule has 1 aliphatic heterocycles. The summed E-state index contributed by atoms with van der Waals surface area (Å²) < 4.78 is 16.2. The number of fused-ring (bicyclic) bond motifs is 1. The fourth-order valence-electron chi connectivity index (χ4n) is 3.13. The molecular formula is C18H22NO3+. The van der Waals surface area contributed by atoms with Crippen molar-refractivity contribution in [2.75, 3.05) is 27.9 Å². The number of rotatable bonds is 4. The Balaban J connectivity index is 2.06. The van der Waals surface area contributed by atoms with Crippen molar-refractivity contribution < 1.29 is 19.5 Å². The van der Waals surface area contributed by atoms with Crippen molar-refractivity contribution in [3.63, 3.8) is 0 Å². The molecule has 0 bridgehead atoms. The summed E-state index contributed by atoms with van der Waals surface area (Å²) in [5.41, 5.74) is 3.86. The quantitative estimate of drug-likeness (QED) is 0.938. The lowest BCUT2D eigenvalue weighted by Gasteiger charge is -2.25. The lowest BCUT2D eigenvalue weighted by molar-refractivity contribution is -0.690. The normalized spacial score (nSPS) is 16.8. The van der Waals surface area contributed by atoms with Gasteiger partial charge in [-0.15, -0.1) is 0 Å². The topological polar surface area (TPSA) is 44.3 Å². The number of methoxy groups -OCH3 is 3. The van der Waals surface area contributed by atoms with Gasteiger partial charge in [0, 0.05) is 17.5 Å². The third kappa shape index (κ3) is 2.62. The second kappa shape index (κ2) is 6.28. The molecule has 2 N–H and O–H groups in total. The van der Waals surface area contributed by atoms with E-state index in [1.165, 1.54) is 16.7 Å². The summed E-state index contributed by atoms with van der Waals surface area (Å²) in [7, 11) is 5.06. The van der Waals surface area contributed by atoms with Gasteiger partial charge in [-0.3, -0.25) is 0 Å². The SMILES string of the molecule is COc1cccc([C@H]2[NH2+]CCc3cc(OC)c(OC)cc32)c1. The number of hydrogen-bond acceptors (Lipinski definition) is 3. The first-order chi connectivity index (χ1) is 10.8. The molecule has 4 heteroatoms. The van der Waals surface area contributed by atoms with Gasteiger partial charge in [0.2, 0.25) is 0 Å². The second-order valence-electron chi connectivity index (χ2n) is 5.43. The third-order valence-corrected chi connectivity index (χ3v) is 4.25. The minimum absolute atomic E-state index is 0.263. The average molecular weight is 300 g/mol. The smallest absolute Gasteiger partial charge is 0.161 e. The van der Waals surface area contributed by atoms with Gasteiger partial charge in [-0.1, -0.05) is 12.1 Å². The number of nitrogens with two attached hydrogens (primary N) is 1. The van der Waals surface area contributed by atoms with Crippen LogP contribution >= 0.6 is 0 Å². The first kappa shape index (κ1) is 14.7. The van der Waals surface area contributed by atoms with E-state index in [4.69, 9.17) is 14.2 Å². The fraction of sp³-hybridized carbons (Fsp3) is 0.333. The van der Waals surface area contributed by atoms with Crippen molar-refractivity contribution in [3.05, 3.63) is 53.1 Å². The maximum Gasteiger partial charge on any atom is 0.161 e. The lowest BCUT2D eigenvalue weighted by Crippen LogP contribution is -2.87. The van der Waals surface area contributed by atoms with E-state index in [1.807, 2.05) is 12.1 Å². The van der Waals surface area contributed by atoms with E-state index in [-0.39, 0.29) is 6.04 Å². The molecule has 0 spiro atoms. The molecule has 1 aliphatic rings. The van der Waals surface area contributed by atoms with Gasteiger partial charge in [0.05, 0.1) is 27.9 Å². The Labute approximate surface area is 131 Å². The Kier molecular flexibility index (Phi) is 4.20. The second-order valence-corrected chi connectivity index (χ2v) is 5.43. The van der Waals surface area contributed by atoms with Crippen LogP contribution in [0.5, 0.6) is 17.2 Å². The van der Waals surface area contributed by atoms with Gasteiger partial charge in [-0.05, 0) is 29.8 Å². The molecule has 22 heavy (non-hydrogen) atoms. The highest BCUT2D eigenvalue weighted by Gasteiger charge is 2.27. The van der Waals surface area contributed by atoms with Crippen LogP contribution in [0, 0.1) is 0 Å². The molecule has 1 atom stereocenters. The summed E-state index contributed by atoms with van der Waals surface area (Å²) in [5.74, 6) is 2.47. The van der Waals surface area contributed by atoms with Crippen LogP contribution in [0.3, 0.4) is 0 Å². The van der Waals surface area contributed by atoms with Crippen molar-refractivity contribution in [1.29, 1.82) is 0 Å². The Morgan fingerprint density at radius 1 is 0.955 bits per heavy atom. The Morgan fingerprint density at radius 2 is 1.73 bits per heavy atom. The van der Waals surface area contributed by atoms with Crippen molar-refractivity contribution in [2.45, 2.75) is 12.5 Å². The molecule has 116 valence electrons. The van der Waals surface area contributed by atoms with E-state index in [9.17, 15) is 0 Å². The van der Waals surface area contributed by atoms with Crippen molar-refractivity contribution >= 4 is 0 Å². The minimum Gasteiger partial charge on any atom is -0.497 e. The highest BCUT2D eigenvalue weighted by molar-refractivity contribution is 5.50. The number of benzene rings is 2. The number of hydrogen-bond donors (Lipinski definition) is 1. The molecule has 2 aromatic rings. The largest absolute Gasteiger partial charge is 0.497 e. The maximum atomic E-state index is 5.47. The lowest BCUT2D eigenvalue weighted by atomic mass is 9.89. The van der Waals surface area contributed by atoms with Gasteiger partial charge in [0.15, 0.2) is 11.5 Å². The number of quaternary nitrogens is 1. The molecule has 2 aromatic carbocycles. The molecule has 4 nitrogen and oxygen atoms in total. The molecule has 3 rings (SSSR count). The molecule has 0 fully saturated rings. The van der Waals surface area contributed by atoms with Crippen molar-refractivity contribution in [2.24, 2.45) is 0 Å². The van der Waals surface area contributed by atoms with Crippen LogP contribution in [-0.2, 0) is 6.42 Å². The van der Waals surface area contributed by atoms with Gasteiger partial charge < -0.3 is 19.5 Å². The van der Waals surface area contributed by atoms with E-state index in [0.29, 0.717) is 0 Å². The van der Waals surface area contributed by atoms with E-state index in [0.717, 1.165) is 30.2 Å². The summed E-state index contributed by atoms with van der Waals surface area (Å²) >= 11 is 0. The molecule has 0 saturated carbocycles. The Hall–Kier alpha value is -2.20. The van der Waals surface area contributed by atoms with Crippen LogP contribution in [0.2, 0.25) is 0 Å². The maximum absolute atomic E-state index is 5.47. The van der Waals surface area contributed by atoms with Crippen LogP contribution in [0.15, 0.2) is 36.4 Å². The monoisotopic (exact) mass is 300 g/mol. The standard InChI is InChI=1S/C18H21NO3/c1-20-14-6-4-5-13(9-14)18-15-11-17(22-3)16(21-2)10-12(15)7-8-19-18/h4-6,9-11,18-19H,7-8H2,1-3H3/p+1/t18-/m1/s1. The van der Waals surface area contributed by atoms with E-state index in [2.05, 4.69) is 29.6 Å². The van der Waals surface area contributed by atoms with E-state index >= 15 is 0 Å². The van der Waals surface area contributed by atoms with Gasteiger partial charge in [-0.25, -0.2) is 0 Å². The molecule has 1 heterocycles. The predicted octanol–water partition coefficient (Wildman–Crippen LogP) is 1.92. The summed E-state index contributed by atoms with van der Waals surface area (Å²) in [6.45, 7) is 1.06. The molecular weight excluding hydrogens is 278 g/mol. The molecule has 0 unspecified atom stereocenters. The zero-order chi connectivity index (χ0) is 15.5. The highest BCUT2D eigenvalue weighted by Crippen LogP contribution is 2.35. The van der Waals surface area contributed by atoms with Gasteiger partial charge in [0.1, 0.15) is 11.8 Å². The zero-order valence-electron chi connectivity index (χ0n) is 13.3. The van der Waals surface area contributed by atoms with Crippen LogP contribution in [0.1, 0.15) is 22.7 Å². The summed E-state index contributed by atoms with van der Waals surface area (Å²) in [5, 5.41) is 2.36. The predicted molar refractivity (Wildman–Crippen MR) is 84.9 cm³/mol. The number of ether oxygens (including phenoxy) is 3. The first-order valence-corrected chi connectivity index (χ1v) is 7.49. The Bertz CT molecular complexity index is 669. The molecule has 0 aromatic heterocycles. The average Bonchev–Trinajstić information content (AvgIpc) is 2.59. The first-order valence-electron chi connectivity index (χ1n) is 7.49. The van der Waals surface area contributed by atoms with E-state index in [1.54, 1.807) is 21.3 Å². The fourth-order valence-corrected chi connectivity index (χ4v) is 3.13. The Morgan fingerprint density at radius 3 is 2.45 bits per heavy atom. The van der Waals surface area contributed by atoms with Crippen LogP contribution in [0.4, 0.5) is 0 Å². The summed E-state index contributed by atoms with van der Waals surface area (Å²) in [4.78, 5) is 0. The highest BCUT2D eigenvalue weighted by atomic mass is 16.5. The van der Waals surface area contributed by atoms with Crippen molar-refractivity contribution in [1.82, 2.24) is 0 Å². The minimum atomic E-state index is 0.263. The van der Waals surface area contributed by atoms with E-state index < -0.39 is 0 Å². The van der Waals surface area contributed by atoms with Gasteiger partial charge in [-0.2, -0.15) is 0 Å². The summed E-state index contributed by atoms with van der Waals surface area (Å²) in [6, 6.07) is 12.7. The van der Waals surface area contributed by atoms with Gasteiger partial charge in [0.25, 0.3) is 0 Å². The summed E-state index contributed by atoms with van der Waals surface area (Å²) in [6.07, 6.45) is 1.04. The van der Waals surface area contributed by atoms with Crippen LogP contribution in [0.25, 0.3) is 0 Å². The van der Waals surface area contributed by atoms with Crippen molar-refractivity contribution in [3.8, 4) is 17.2 Å². The molecule has 0 amide bonds. The molecule has 0 radical (unpaired) electrons. The van der Waals surface area contributed by atoms with Gasteiger partial charge >= 0.3 is 0 Å². The van der Waals surface area contributed by atoms with Crippen LogP contribution < -0.4 is 19.5 Å². The molecule has 0 saturated heterocycles. The molecule has 0 aliphatic carbocycles. The van der Waals surface area contributed by atoms with Crippen LogP contribution in [-0.4, -0.2) is 27.9 Å².